The molecule has 5 nitrogen and oxygen atoms in total. The Balaban J connectivity index is 2.76. The Morgan fingerprint density at radius 3 is 2.47 bits per heavy atom. The summed E-state index contributed by atoms with van der Waals surface area (Å²) in [6, 6.07) is 0.399. The van der Waals surface area contributed by atoms with Crippen molar-refractivity contribution in [3.63, 3.8) is 0 Å². The number of aromatic nitrogens is 1. The van der Waals surface area contributed by atoms with Crippen molar-refractivity contribution in [2.45, 2.75) is 26.7 Å². The molecule has 0 saturated carbocycles. The molecule has 1 heterocycles. The highest BCUT2D eigenvalue weighted by atomic mass is 16.4. The number of anilines is 1. The number of hydrogen-bond acceptors (Lipinski definition) is 4. The van der Waals surface area contributed by atoms with Crippen molar-refractivity contribution in [3.05, 3.63) is 12.0 Å². The highest BCUT2D eigenvalue weighted by molar-refractivity contribution is 5.84. The SMILES string of the molecule is CCCN(CCC)c1ncc(C(=O)O)o1. The fourth-order valence-corrected chi connectivity index (χ4v) is 1.35. The monoisotopic (exact) mass is 212 g/mol. The van der Waals surface area contributed by atoms with Crippen LogP contribution >= 0.6 is 0 Å². The summed E-state index contributed by atoms with van der Waals surface area (Å²) < 4.78 is 5.13. The fraction of sp³-hybridized carbons (Fsp3) is 0.600. The standard InChI is InChI=1S/C10H16N2O3/c1-3-5-12(6-4-2)10-11-7-8(15-10)9(13)14/h7H,3-6H2,1-2H3,(H,13,14). The second-order valence-electron chi connectivity index (χ2n) is 3.30. The third kappa shape index (κ3) is 2.97. The van der Waals surface area contributed by atoms with Crippen LogP contribution < -0.4 is 4.90 Å². The average molecular weight is 212 g/mol. The van der Waals surface area contributed by atoms with Crippen molar-refractivity contribution < 1.29 is 14.3 Å². The molecule has 0 aliphatic rings. The number of rotatable bonds is 6. The fourth-order valence-electron chi connectivity index (χ4n) is 1.35. The number of hydrogen-bond donors (Lipinski definition) is 1. The summed E-state index contributed by atoms with van der Waals surface area (Å²) >= 11 is 0. The van der Waals surface area contributed by atoms with Gasteiger partial charge in [-0.2, -0.15) is 0 Å². The molecule has 0 aromatic carbocycles. The predicted molar refractivity (Wildman–Crippen MR) is 56.3 cm³/mol. The Bertz CT molecular complexity index is 316. The Kier molecular flexibility index (Phi) is 4.15. The van der Waals surface area contributed by atoms with Crippen molar-refractivity contribution in [1.82, 2.24) is 4.98 Å². The molecule has 0 amide bonds. The largest absolute Gasteiger partial charge is 0.475 e. The highest BCUT2D eigenvalue weighted by Gasteiger charge is 2.14. The van der Waals surface area contributed by atoms with Gasteiger partial charge >= 0.3 is 5.97 Å². The molecule has 1 N–H and O–H groups in total. The lowest BCUT2D eigenvalue weighted by atomic mass is 10.4. The molecule has 0 unspecified atom stereocenters. The minimum absolute atomic E-state index is 0.109. The first-order valence-electron chi connectivity index (χ1n) is 5.13. The zero-order valence-electron chi connectivity index (χ0n) is 9.06. The Labute approximate surface area is 88.7 Å². The van der Waals surface area contributed by atoms with Gasteiger partial charge in [-0.25, -0.2) is 9.78 Å². The Hall–Kier alpha value is -1.52. The Morgan fingerprint density at radius 1 is 1.47 bits per heavy atom. The molecule has 1 rings (SSSR count). The molecule has 0 aliphatic heterocycles. The third-order valence-corrected chi connectivity index (χ3v) is 1.96. The van der Waals surface area contributed by atoms with E-state index in [1.807, 2.05) is 4.90 Å². The maximum absolute atomic E-state index is 10.6. The van der Waals surface area contributed by atoms with E-state index in [0.717, 1.165) is 25.9 Å². The van der Waals surface area contributed by atoms with Gasteiger partial charge < -0.3 is 14.4 Å². The summed E-state index contributed by atoms with van der Waals surface area (Å²) in [5.74, 6) is -1.19. The quantitative estimate of drug-likeness (QED) is 0.781. The van der Waals surface area contributed by atoms with Gasteiger partial charge in [0.25, 0.3) is 6.01 Å². The first kappa shape index (κ1) is 11.6. The number of carboxylic acids is 1. The van der Waals surface area contributed by atoms with E-state index in [1.165, 1.54) is 6.20 Å². The first-order valence-corrected chi connectivity index (χ1v) is 5.13. The molecule has 84 valence electrons. The van der Waals surface area contributed by atoms with Gasteiger partial charge in [-0.3, -0.25) is 0 Å². The summed E-state index contributed by atoms with van der Waals surface area (Å²) in [5, 5.41) is 8.69. The molecule has 1 aromatic heterocycles. The minimum Gasteiger partial charge on any atom is -0.475 e. The molecule has 0 radical (unpaired) electrons. The summed E-state index contributed by atoms with van der Waals surface area (Å²) in [4.78, 5) is 16.5. The van der Waals surface area contributed by atoms with Gasteiger partial charge in [0.05, 0.1) is 6.20 Å². The van der Waals surface area contributed by atoms with Gasteiger partial charge in [-0.1, -0.05) is 13.8 Å². The van der Waals surface area contributed by atoms with E-state index in [-0.39, 0.29) is 5.76 Å². The van der Waals surface area contributed by atoms with Crippen molar-refractivity contribution in [3.8, 4) is 0 Å². The molecule has 0 fully saturated rings. The van der Waals surface area contributed by atoms with E-state index in [9.17, 15) is 4.79 Å². The third-order valence-electron chi connectivity index (χ3n) is 1.96. The van der Waals surface area contributed by atoms with E-state index in [2.05, 4.69) is 18.8 Å². The molecule has 1 aromatic rings. The lowest BCUT2D eigenvalue weighted by Gasteiger charge is -2.18. The van der Waals surface area contributed by atoms with Crippen LogP contribution in [-0.4, -0.2) is 29.1 Å². The predicted octanol–water partition coefficient (Wildman–Crippen LogP) is 2.00. The number of carbonyl (C=O) groups is 1. The van der Waals surface area contributed by atoms with Crippen LogP contribution in [0, 0.1) is 0 Å². The molecule has 0 aliphatic carbocycles. The highest BCUT2D eigenvalue weighted by Crippen LogP contribution is 2.15. The normalized spacial score (nSPS) is 10.3. The van der Waals surface area contributed by atoms with Gasteiger partial charge in [0.1, 0.15) is 0 Å². The Morgan fingerprint density at radius 2 is 2.07 bits per heavy atom. The van der Waals surface area contributed by atoms with Gasteiger partial charge in [-0.15, -0.1) is 0 Å². The lowest BCUT2D eigenvalue weighted by Crippen LogP contribution is -2.25. The van der Waals surface area contributed by atoms with Crippen LogP contribution in [0.1, 0.15) is 37.2 Å². The molecular weight excluding hydrogens is 196 g/mol. The van der Waals surface area contributed by atoms with Gasteiger partial charge in [0.15, 0.2) is 0 Å². The van der Waals surface area contributed by atoms with E-state index >= 15 is 0 Å². The molecule has 0 bridgehead atoms. The topological polar surface area (TPSA) is 66.6 Å². The smallest absolute Gasteiger partial charge is 0.373 e. The van der Waals surface area contributed by atoms with E-state index in [0.29, 0.717) is 6.01 Å². The van der Waals surface area contributed by atoms with Crippen molar-refractivity contribution in [1.29, 1.82) is 0 Å². The van der Waals surface area contributed by atoms with Gasteiger partial charge in [-0.05, 0) is 12.8 Å². The first-order chi connectivity index (χ1) is 7.19. The second-order valence-corrected chi connectivity index (χ2v) is 3.30. The van der Waals surface area contributed by atoms with E-state index < -0.39 is 5.97 Å². The molecule has 5 heteroatoms. The molecule has 0 atom stereocenters. The average Bonchev–Trinajstić information content (AvgIpc) is 2.66. The number of aromatic carboxylic acids is 1. The van der Waals surface area contributed by atoms with Crippen LogP contribution in [-0.2, 0) is 0 Å². The van der Waals surface area contributed by atoms with Gasteiger partial charge in [0.2, 0.25) is 5.76 Å². The molecule has 0 spiro atoms. The van der Waals surface area contributed by atoms with Crippen LogP contribution in [0.2, 0.25) is 0 Å². The zero-order chi connectivity index (χ0) is 11.3. The molecule has 0 saturated heterocycles. The number of nitrogens with zero attached hydrogens (tertiary/aromatic N) is 2. The zero-order valence-corrected chi connectivity index (χ0v) is 9.06. The molecule has 15 heavy (non-hydrogen) atoms. The van der Waals surface area contributed by atoms with Crippen molar-refractivity contribution in [2.75, 3.05) is 18.0 Å². The maximum atomic E-state index is 10.6. The van der Waals surface area contributed by atoms with Crippen LogP contribution in [0.3, 0.4) is 0 Å². The number of oxazole rings is 1. The van der Waals surface area contributed by atoms with E-state index in [1.54, 1.807) is 0 Å². The summed E-state index contributed by atoms with van der Waals surface area (Å²) in [7, 11) is 0. The van der Waals surface area contributed by atoms with Gasteiger partial charge in [0, 0.05) is 13.1 Å². The van der Waals surface area contributed by atoms with Crippen LogP contribution in [0.15, 0.2) is 10.6 Å². The minimum atomic E-state index is -1.08. The summed E-state index contributed by atoms with van der Waals surface area (Å²) in [6.45, 7) is 5.77. The summed E-state index contributed by atoms with van der Waals surface area (Å²) in [5.41, 5.74) is 0. The lowest BCUT2D eigenvalue weighted by molar-refractivity contribution is 0.0663. The van der Waals surface area contributed by atoms with Crippen molar-refractivity contribution in [2.24, 2.45) is 0 Å². The maximum Gasteiger partial charge on any atom is 0.373 e. The number of carboxylic acid groups (broad SMARTS) is 1. The van der Waals surface area contributed by atoms with Crippen LogP contribution in [0.25, 0.3) is 0 Å². The van der Waals surface area contributed by atoms with Crippen LogP contribution in [0.5, 0.6) is 0 Å². The van der Waals surface area contributed by atoms with Crippen molar-refractivity contribution >= 4 is 12.0 Å². The second kappa shape index (κ2) is 5.38. The molecular formula is C10H16N2O3. The summed E-state index contributed by atoms with van der Waals surface area (Å²) in [6.07, 6.45) is 3.20. The van der Waals surface area contributed by atoms with E-state index in [4.69, 9.17) is 9.52 Å². The van der Waals surface area contributed by atoms with Crippen LogP contribution in [0.4, 0.5) is 6.01 Å².